The number of hydrogen-bond donors (Lipinski definition) is 2. The minimum absolute atomic E-state index is 0.0214. The van der Waals surface area contributed by atoms with E-state index in [1.807, 2.05) is 58.0 Å². The van der Waals surface area contributed by atoms with Gasteiger partial charge in [0.2, 0.25) is 5.91 Å². The van der Waals surface area contributed by atoms with Gasteiger partial charge in [0.15, 0.2) is 5.65 Å². The lowest BCUT2D eigenvalue weighted by molar-refractivity contribution is -0.123. The predicted octanol–water partition coefficient (Wildman–Crippen LogP) is 4.06. The van der Waals surface area contributed by atoms with Crippen LogP contribution >= 0.6 is 0 Å². The Morgan fingerprint density at radius 1 is 1.04 bits per heavy atom. The molecule has 2 aromatic heterocycles. The summed E-state index contributed by atoms with van der Waals surface area (Å²) in [5.74, 6) is 0.650. The largest absolute Gasteiger partial charge is 0.340 e. The molecule has 0 radical (unpaired) electrons. The molecule has 128 valence electrons. The number of nitrogens with one attached hydrogen (secondary N) is 2. The molecular weight excluding hydrogens is 314 g/mol. The van der Waals surface area contributed by atoms with E-state index in [0.717, 1.165) is 22.5 Å². The number of benzene rings is 1. The number of nitrogens with zero attached hydrogens (tertiary/aromatic N) is 3. The van der Waals surface area contributed by atoms with Gasteiger partial charge in [0.05, 0.1) is 0 Å². The maximum Gasteiger partial charge on any atom is 0.229 e. The number of aryl methyl sites for hydroxylation is 1. The topological polar surface area (TPSA) is 79.8 Å². The van der Waals surface area contributed by atoms with Crippen molar-refractivity contribution in [1.29, 1.82) is 0 Å². The predicted molar refractivity (Wildman–Crippen MR) is 99.9 cm³/mol. The number of pyridine rings is 1. The van der Waals surface area contributed by atoms with Crippen LogP contribution in [0.25, 0.3) is 11.2 Å². The summed E-state index contributed by atoms with van der Waals surface area (Å²) >= 11 is 0. The van der Waals surface area contributed by atoms with E-state index in [9.17, 15) is 4.79 Å². The normalized spacial score (nSPS) is 11.4. The lowest BCUT2D eigenvalue weighted by Crippen LogP contribution is -2.27. The fourth-order valence-corrected chi connectivity index (χ4v) is 2.22. The van der Waals surface area contributed by atoms with Gasteiger partial charge in [0.25, 0.3) is 0 Å². The third-order valence-electron chi connectivity index (χ3n) is 3.77. The third-order valence-corrected chi connectivity index (χ3v) is 3.77. The van der Waals surface area contributed by atoms with E-state index in [0.29, 0.717) is 11.5 Å². The summed E-state index contributed by atoms with van der Waals surface area (Å²) in [6, 6.07) is 9.53. The molecule has 0 saturated carbocycles. The second-order valence-corrected chi connectivity index (χ2v) is 6.95. The lowest BCUT2D eigenvalue weighted by Gasteiger charge is -2.19. The molecule has 0 saturated heterocycles. The highest BCUT2D eigenvalue weighted by Crippen LogP contribution is 2.25. The van der Waals surface area contributed by atoms with Gasteiger partial charge in [-0.3, -0.25) is 9.78 Å². The molecule has 0 bridgehead atoms. The molecular formula is C19H21N5O. The Kier molecular flexibility index (Phi) is 4.35. The quantitative estimate of drug-likeness (QED) is 0.754. The fraction of sp³-hybridized carbons (Fsp3) is 0.263. The molecule has 1 amide bonds. The molecule has 3 aromatic rings. The summed E-state index contributed by atoms with van der Waals surface area (Å²) in [4.78, 5) is 25.1. The second-order valence-electron chi connectivity index (χ2n) is 6.95. The molecule has 1 aromatic carbocycles. The maximum absolute atomic E-state index is 12.2. The molecule has 2 heterocycles. The van der Waals surface area contributed by atoms with Crippen LogP contribution in [-0.2, 0) is 4.79 Å². The van der Waals surface area contributed by atoms with Crippen LogP contribution in [0, 0.1) is 12.3 Å². The zero-order valence-corrected chi connectivity index (χ0v) is 14.8. The fourth-order valence-electron chi connectivity index (χ4n) is 2.22. The highest BCUT2D eigenvalue weighted by atomic mass is 16.2. The Morgan fingerprint density at radius 3 is 2.56 bits per heavy atom. The number of amides is 1. The number of carbonyl (C=O) groups excluding carboxylic acids is 1. The van der Waals surface area contributed by atoms with Crippen LogP contribution in [0.4, 0.5) is 17.2 Å². The van der Waals surface area contributed by atoms with Gasteiger partial charge < -0.3 is 10.6 Å². The number of anilines is 3. The molecule has 0 fully saturated rings. The Balaban J connectivity index is 1.84. The van der Waals surface area contributed by atoms with Gasteiger partial charge in [0, 0.05) is 29.2 Å². The molecule has 3 rings (SSSR count). The van der Waals surface area contributed by atoms with Gasteiger partial charge in [0.1, 0.15) is 11.3 Å². The number of hydrogen-bond acceptors (Lipinski definition) is 5. The number of carbonyl (C=O) groups is 1. The molecule has 25 heavy (non-hydrogen) atoms. The van der Waals surface area contributed by atoms with Crippen LogP contribution < -0.4 is 10.6 Å². The number of fused-ring (bicyclic) bond motifs is 1. The summed E-state index contributed by atoms with van der Waals surface area (Å²) in [6.07, 6.45) is 3.26. The van der Waals surface area contributed by atoms with Crippen LogP contribution in [-0.4, -0.2) is 20.9 Å². The van der Waals surface area contributed by atoms with Crippen molar-refractivity contribution < 1.29 is 4.79 Å². The zero-order chi connectivity index (χ0) is 18.0. The Labute approximate surface area is 146 Å². The monoisotopic (exact) mass is 335 g/mol. The first-order chi connectivity index (χ1) is 11.8. The zero-order valence-electron chi connectivity index (χ0n) is 14.8. The third kappa shape index (κ3) is 3.91. The second kappa shape index (κ2) is 6.47. The van der Waals surface area contributed by atoms with Crippen molar-refractivity contribution in [2.24, 2.45) is 5.41 Å². The van der Waals surface area contributed by atoms with Gasteiger partial charge in [-0.2, -0.15) is 0 Å². The lowest BCUT2D eigenvalue weighted by atomic mass is 9.95. The summed E-state index contributed by atoms with van der Waals surface area (Å²) in [7, 11) is 0. The van der Waals surface area contributed by atoms with Crippen molar-refractivity contribution in [2.45, 2.75) is 27.7 Å². The molecule has 0 aliphatic rings. The summed E-state index contributed by atoms with van der Waals surface area (Å²) < 4.78 is 0. The van der Waals surface area contributed by atoms with Crippen molar-refractivity contribution in [3.63, 3.8) is 0 Å². The Hall–Kier alpha value is -3.02. The van der Waals surface area contributed by atoms with E-state index in [4.69, 9.17) is 0 Å². The molecule has 0 atom stereocenters. The minimum atomic E-state index is -0.450. The highest BCUT2D eigenvalue weighted by molar-refractivity contribution is 5.95. The molecule has 6 nitrogen and oxygen atoms in total. The molecule has 2 N–H and O–H groups in total. The first-order valence-corrected chi connectivity index (χ1v) is 8.10. The summed E-state index contributed by atoms with van der Waals surface area (Å²) in [6.45, 7) is 7.63. The van der Waals surface area contributed by atoms with Crippen molar-refractivity contribution in [1.82, 2.24) is 15.0 Å². The summed E-state index contributed by atoms with van der Waals surface area (Å²) in [5, 5.41) is 6.23. The van der Waals surface area contributed by atoms with Gasteiger partial charge in [-0.05, 0) is 36.8 Å². The Bertz CT molecular complexity index is 930. The number of aromatic nitrogens is 3. The van der Waals surface area contributed by atoms with E-state index < -0.39 is 5.41 Å². The van der Waals surface area contributed by atoms with Gasteiger partial charge in [-0.15, -0.1) is 0 Å². The molecule has 0 aliphatic carbocycles. The van der Waals surface area contributed by atoms with Gasteiger partial charge >= 0.3 is 0 Å². The average Bonchev–Trinajstić information content (AvgIpc) is 2.57. The standard InChI is InChI=1S/C19H21N5O/c1-12-5-6-13(11-15(12)23-18(25)19(2,3)4)22-16-8-7-14-17(24-16)21-10-9-20-14/h5-11H,1-4H3,(H,23,25)(H,21,22,24). The van der Waals surface area contributed by atoms with Crippen molar-refractivity contribution in [3.05, 3.63) is 48.3 Å². The van der Waals surface area contributed by atoms with Crippen LogP contribution in [0.3, 0.4) is 0 Å². The van der Waals surface area contributed by atoms with Gasteiger partial charge in [-0.25, -0.2) is 9.97 Å². The SMILES string of the molecule is Cc1ccc(Nc2ccc3nccnc3n2)cc1NC(=O)C(C)(C)C. The van der Waals surface area contributed by atoms with Crippen LogP contribution in [0.1, 0.15) is 26.3 Å². The van der Waals surface area contributed by atoms with Crippen molar-refractivity contribution in [3.8, 4) is 0 Å². The van der Waals surface area contributed by atoms with Crippen molar-refractivity contribution >= 4 is 34.3 Å². The first-order valence-electron chi connectivity index (χ1n) is 8.10. The molecule has 0 spiro atoms. The van der Waals surface area contributed by atoms with Crippen LogP contribution in [0.5, 0.6) is 0 Å². The highest BCUT2D eigenvalue weighted by Gasteiger charge is 2.21. The molecule has 6 heteroatoms. The molecule has 0 unspecified atom stereocenters. The van der Waals surface area contributed by atoms with Crippen LogP contribution in [0.15, 0.2) is 42.7 Å². The Morgan fingerprint density at radius 2 is 1.80 bits per heavy atom. The number of rotatable bonds is 3. The van der Waals surface area contributed by atoms with E-state index in [1.165, 1.54) is 0 Å². The van der Waals surface area contributed by atoms with E-state index in [1.54, 1.807) is 12.4 Å². The maximum atomic E-state index is 12.2. The summed E-state index contributed by atoms with van der Waals surface area (Å²) in [5.41, 5.74) is 3.50. The average molecular weight is 335 g/mol. The smallest absolute Gasteiger partial charge is 0.229 e. The van der Waals surface area contributed by atoms with E-state index >= 15 is 0 Å². The minimum Gasteiger partial charge on any atom is -0.340 e. The molecule has 0 aliphatic heterocycles. The van der Waals surface area contributed by atoms with Gasteiger partial charge in [-0.1, -0.05) is 26.8 Å². The van der Waals surface area contributed by atoms with E-state index in [2.05, 4.69) is 25.6 Å². The van der Waals surface area contributed by atoms with Crippen molar-refractivity contribution in [2.75, 3.05) is 10.6 Å². The first kappa shape index (κ1) is 16.8. The van der Waals surface area contributed by atoms with E-state index in [-0.39, 0.29) is 5.91 Å². The van der Waals surface area contributed by atoms with Crippen LogP contribution in [0.2, 0.25) is 0 Å².